The Morgan fingerprint density at radius 2 is 1.81 bits per heavy atom. The van der Waals surface area contributed by atoms with Gasteiger partial charge < -0.3 is 20.8 Å². The van der Waals surface area contributed by atoms with Crippen LogP contribution in [0.15, 0.2) is 24.8 Å². The maximum Gasteiger partial charge on any atom is 0.325 e. The largest absolute Gasteiger partial charge is 0.461 e. The van der Waals surface area contributed by atoms with Crippen LogP contribution >= 0.6 is 23.2 Å². The van der Waals surface area contributed by atoms with Gasteiger partial charge in [0.2, 0.25) is 11.8 Å². The van der Waals surface area contributed by atoms with E-state index in [2.05, 4.69) is 22.6 Å². The molecule has 0 saturated carbocycles. The van der Waals surface area contributed by atoms with Gasteiger partial charge >= 0.3 is 5.97 Å². The van der Waals surface area contributed by atoms with Crippen LogP contribution in [0.1, 0.15) is 54.4 Å². The van der Waals surface area contributed by atoms with Crippen molar-refractivity contribution in [3.8, 4) is 0 Å². The lowest BCUT2D eigenvalue weighted by molar-refractivity contribution is -0.153. The van der Waals surface area contributed by atoms with Crippen molar-refractivity contribution in [1.82, 2.24) is 21.1 Å². The molecule has 1 fully saturated rings. The van der Waals surface area contributed by atoms with Crippen molar-refractivity contribution in [3.05, 3.63) is 24.8 Å². The van der Waals surface area contributed by atoms with Crippen molar-refractivity contribution in [1.29, 1.82) is 5.41 Å². The number of esters is 1. The topological polar surface area (TPSA) is 141 Å². The molecule has 10 nitrogen and oxygen atoms in total. The number of carbonyl (C=O) groups is 4. The number of alkyl halides is 2. The van der Waals surface area contributed by atoms with Crippen LogP contribution in [-0.2, 0) is 23.9 Å². The third kappa shape index (κ3) is 10.8. The maximum absolute atomic E-state index is 13.0. The number of ether oxygens (including phenoxy) is 1. The monoisotopic (exact) mass is 559 g/mol. The van der Waals surface area contributed by atoms with Gasteiger partial charge in [-0.1, -0.05) is 49.7 Å². The van der Waals surface area contributed by atoms with E-state index >= 15 is 0 Å². The quantitative estimate of drug-likeness (QED) is 0.164. The van der Waals surface area contributed by atoms with Crippen LogP contribution in [0.3, 0.4) is 0 Å². The molecule has 1 saturated heterocycles. The van der Waals surface area contributed by atoms with Crippen molar-refractivity contribution in [3.63, 3.8) is 0 Å². The highest BCUT2D eigenvalue weighted by Crippen LogP contribution is 2.21. The number of allylic oxidation sites excluding steroid dienone is 2. The first-order valence-electron chi connectivity index (χ1n) is 12.1. The second-order valence-electron chi connectivity index (χ2n) is 10.1. The van der Waals surface area contributed by atoms with Gasteiger partial charge in [-0.05, 0) is 58.6 Å². The van der Waals surface area contributed by atoms with Crippen LogP contribution in [0.4, 0.5) is 0 Å². The van der Waals surface area contributed by atoms with Crippen LogP contribution in [0, 0.1) is 16.7 Å². The lowest BCUT2D eigenvalue weighted by atomic mass is 9.90. The van der Waals surface area contributed by atoms with E-state index in [0.29, 0.717) is 19.4 Å². The molecule has 1 aliphatic heterocycles. The minimum absolute atomic E-state index is 0.157. The number of nitrogens with one attached hydrogen (secondary N) is 4. The molecule has 1 heterocycles. The van der Waals surface area contributed by atoms with E-state index in [-0.39, 0.29) is 18.2 Å². The second-order valence-corrected chi connectivity index (χ2v) is 12.0. The number of rotatable bonds is 12. The van der Waals surface area contributed by atoms with Gasteiger partial charge in [-0.3, -0.25) is 24.2 Å². The fourth-order valence-corrected chi connectivity index (χ4v) is 3.43. The molecule has 3 atom stereocenters. The lowest BCUT2D eigenvalue weighted by Gasteiger charge is -2.35. The average molecular weight is 561 g/mol. The number of hydrogen-bond donors (Lipinski definition) is 4. The molecule has 0 aromatic carbocycles. The van der Waals surface area contributed by atoms with Gasteiger partial charge in [0.25, 0.3) is 5.91 Å². The molecule has 0 aromatic heterocycles. The van der Waals surface area contributed by atoms with Crippen molar-refractivity contribution < 1.29 is 23.9 Å². The van der Waals surface area contributed by atoms with Crippen molar-refractivity contribution in [2.45, 2.75) is 76.8 Å². The summed E-state index contributed by atoms with van der Waals surface area (Å²) in [5.41, 5.74) is 2.01. The first kappa shape index (κ1) is 32.6. The van der Waals surface area contributed by atoms with Gasteiger partial charge in [0, 0.05) is 6.54 Å². The molecule has 0 unspecified atom stereocenters. The lowest BCUT2D eigenvalue weighted by Crippen LogP contribution is -2.61. The maximum atomic E-state index is 13.0. The highest BCUT2D eigenvalue weighted by atomic mass is 35.5. The SMILES string of the molecule is C=CC(=N)/C=C/C(C)(C)C(=O)N[C@H](C(=O)N[C@@H](C)C(=O)N1CCC[C@@H](C(=O)OCC(C)(Cl)Cl)N1)C(C)C. The standard InChI is InChI=1S/C25H39Cl2N5O5/c1-8-17(28)11-12-24(5,6)23(36)30-19(15(2)3)20(33)29-16(4)21(34)32-13-9-10-18(31-32)22(35)37-14-25(7,26)27/h8,11-12,15-16,18-19,28,31H,1,9-10,13-14H2,2-7H3,(H,29,33)(H,30,36)/b12-11+,28-17?/t16-,18-,19-/m0/s1. The van der Waals surface area contributed by atoms with E-state index in [0.717, 1.165) is 0 Å². The summed E-state index contributed by atoms with van der Waals surface area (Å²) in [4.78, 5) is 51.2. The van der Waals surface area contributed by atoms with Gasteiger partial charge in [-0.25, -0.2) is 5.43 Å². The van der Waals surface area contributed by atoms with E-state index < -0.39 is 51.6 Å². The Labute approximate surface area is 229 Å². The molecule has 0 aliphatic carbocycles. The zero-order chi connectivity index (χ0) is 28.6. The molecule has 208 valence electrons. The average Bonchev–Trinajstić information content (AvgIpc) is 2.82. The van der Waals surface area contributed by atoms with E-state index in [1.165, 1.54) is 31.0 Å². The zero-order valence-corrected chi connectivity index (χ0v) is 23.8. The summed E-state index contributed by atoms with van der Waals surface area (Å²) in [5.74, 6) is -2.20. The Kier molecular flexibility index (Phi) is 12.3. The zero-order valence-electron chi connectivity index (χ0n) is 22.3. The number of hydrogen-bond acceptors (Lipinski definition) is 7. The summed E-state index contributed by atoms with van der Waals surface area (Å²) in [6, 6.07) is -2.58. The van der Waals surface area contributed by atoms with Crippen LogP contribution < -0.4 is 16.1 Å². The van der Waals surface area contributed by atoms with E-state index in [9.17, 15) is 19.2 Å². The first-order chi connectivity index (χ1) is 17.0. The minimum atomic E-state index is -1.22. The van der Waals surface area contributed by atoms with E-state index in [1.807, 2.05) is 0 Å². The van der Waals surface area contributed by atoms with Crippen molar-refractivity contribution in [2.75, 3.05) is 13.2 Å². The van der Waals surface area contributed by atoms with Crippen LogP contribution in [-0.4, -0.2) is 70.0 Å². The van der Waals surface area contributed by atoms with Gasteiger partial charge in [-0.2, -0.15) is 0 Å². The van der Waals surface area contributed by atoms with E-state index in [4.69, 9.17) is 33.3 Å². The molecule has 1 rings (SSSR count). The molecule has 0 spiro atoms. The number of hydrazine groups is 1. The number of halogens is 2. The molecular formula is C25H39Cl2N5O5. The van der Waals surface area contributed by atoms with E-state index in [1.54, 1.807) is 33.8 Å². The Hall–Kier alpha value is -2.43. The molecule has 12 heteroatoms. The number of amides is 3. The molecule has 0 aromatic rings. The Morgan fingerprint density at radius 1 is 1.19 bits per heavy atom. The summed E-state index contributed by atoms with van der Waals surface area (Å²) >= 11 is 11.7. The third-order valence-electron chi connectivity index (χ3n) is 5.65. The summed E-state index contributed by atoms with van der Waals surface area (Å²) in [6.45, 7) is 13.6. The highest BCUT2D eigenvalue weighted by Gasteiger charge is 2.35. The Bertz CT molecular complexity index is 914. The van der Waals surface area contributed by atoms with Gasteiger partial charge in [0.05, 0.1) is 11.1 Å². The van der Waals surface area contributed by atoms with Gasteiger partial charge in [-0.15, -0.1) is 0 Å². The van der Waals surface area contributed by atoms with Gasteiger partial charge in [0.1, 0.15) is 29.1 Å². The molecule has 1 aliphatic rings. The summed E-state index contributed by atoms with van der Waals surface area (Å²) in [7, 11) is 0. The summed E-state index contributed by atoms with van der Waals surface area (Å²) in [6.07, 6.45) is 5.40. The normalized spacial score (nSPS) is 18.2. The van der Waals surface area contributed by atoms with Crippen molar-refractivity contribution in [2.24, 2.45) is 11.3 Å². The number of nitrogens with zero attached hydrogens (tertiary/aromatic N) is 1. The first-order valence-corrected chi connectivity index (χ1v) is 12.9. The molecule has 4 N–H and O–H groups in total. The molecule has 0 bridgehead atoms. The van der Waals surface area contributed by atoms with Crippen LogP contribution in [0.5, 0.6) is 0 Å². The predicted molar refractivity (Wildman–Crippen MR) is 144 cm³/mol. The Balaban J connectivity index is 2.80. The molecule has 3 amide bonds. The molecule has 37 heavy (non-hydrogen) atoms. The van der Waals surface area contributed by atoms with Crippen molar-refractivity contribution >= 4 is 52.6 Å². The highest BCUT2D eigenvalue weighted by molar-refractivity contribution is 6.48. The Morgan fingerprint density at radius 3 is 2.35 bits per heavy atom. The molecule has 0 radical (unpaired) electrons. The fourth-order valence-electron chi connectivity index (χ4n) is 3.32. The predicted octanol–water partition coefficient (Wildman–Crippen LogP) is 2.65. The summed E-state index contributed by atoms with van der Waals surface area (Å²) < 4.78 is 3.90. The van der Waals surface area contributed by atoms with Gasteiger partial charge in [0.15, 0.2) is 0 Å². The smallest absolute Gasteiger partial charge is 0.325 e. The fraction of sp³-hybridized carbons (Fsp3) is 0.640. The number of carbonyl (C=O) groups excluding carboxylic acids is 4. The summed E-state index contributed by atoms with van der Waals surface area (Å²) in [5, 5.41) is 14.3. The van der Waals surface area contributed by atoms with Crippen LogP contribution in [0.2, 0.25) is 0 Å². The second kappa shape index (κ2) is 13.9. The molecular weight excluding hydrogens is 521 g/mol. The third-order valence-corrected chi connectivity index (χ3v) is 5.87. The minimum Gasteiger partial charge on any atom is -0.461 e. The van der Waals surface area contributed by atoms with Crippen LogP contribution in [0.25, 0.3) is 0 Å².